The maximum atomic E-state index is 13.4. The Morgan fingerprint density at radius 1 is 1.19 bits per heavy atom. The largest absolute Gasteiger partial charge is 0.435 e. The number of aromatic nitrogens is 3. The average molecular weight is 309 g/mol. The summed E-state index contributed by atoms with van der Waals surface area (Å²) in [4.78, 5) is 0. The van der Waals surface area contributed by atoms with E-state index < -0.39 is 24.9 Å². The molecular weight excluding hydrogens is 297 g/mol. The predicted molar refractivity (Wildman–Crippen MR) is 63.6 cm³/mol. The molecule has 0 fully saturated rings. The average Bonchev–Trinajstić information content (AvgIpc) is 2.78. The third-order valence-electron chi connectivity index (χ3n) is 2.70. The molecule has 9 heteroatoms. The van der Waals surface area contributed by atoms with Crippen LogP contribution in [0.3, 0.4) is 0 Å². The molecule has 1 aromatic carbocycles. The van der Waals surface area contributed by atoms with E-state index in [1.54, 1.807) is 6.07 Å². The van der Waals surface area contributed by atoms with Crippen LogP contribution in [-0.4, -0.2) is 27.3 Å². The van der Waals surface area contributed by atoms with Crippen LogP contribution in [0.25, 0.3) is 11.0 Å². The first-order chi connectivity index (χ1) is 9.74. The number of hydrogen-bond acceptors (Lipinski definition) is 3. The van der Waals surface area contributed by atoms with Crippen molar-refractivity contribution in [2.75, 3.05) is 0 Å². The highest BCUT2D eigenvalue weighted by molar-refractivity contribution is 5.73. The fourth-order valence-electron chi connectivity index (χ4n) is 1.83. The van der Waals surface area contributed by atoms with Crippen molar-refractivity contribution in [3.8, 4) is 0 Å². The summed E-state index contributed by atoms with van der Waals surface area (Å²) in [6.07, 6.45) is -12.7. The number of halogens is 5. The standard InChI is InChI=1S/C12H12F5N3O/c1-2-7-11(13,14)21-10(12(15,16)17)20-9-6-4-3-5-8(9)18-19-20/h3-6,10H,2,7H2,1H3. The maximum Gasteiger partial charge on any atom is 0.435 e. The van der Waals surface area contributed by atoms with Gasteiger partial charge in [-0.3, -0.25) is 4.74 Å². The van der Waals surface area contributed by atoms with E-state index in [0.29, 0.717) is 4.68 Å². The monoisotopic (exact) mass is 309 g/mol. The Morgan fingerprint density at radius 2 is 1.86 bits per heavy atom. The summed E-state index contributed by atoms with van der Waals surface area (Å²) in [6.45, 7) is 1.42. The molecule has 116 valence electrons. The molecule has 0 aliphatic carbocycles. The lowest BCUT2D eigenvalue weighted by Crippen LogP contribution is -2.36. The quantitative estimate of drug-likeness (QED) is 0.786. The number of para-hydroxylation sites is 1. The third-order valence-corrected chi connectivity index (χ3v) is 2.70. The van der Waals surface area contributed by atoms with Crippen LogP contribution in [0.1, 0.15) is 26.0 Å². The zero-order valence-electron chi connectivity index (χ0n) is 10.9. The molecule has 1 heterocycles. The molecule has 0 amide bonds. The smallest absolute Gasteiger partial charge is 0.285 e. The number of nitrogens with zero attached hydrogens (tertiary/aromatic N) is 3. The van der Waals surface area contributed by atoms with Crippen LogP contribution >= 0.6 is 0 Å². The molecule has 0 aliphatic rings. The molecule has 2 rings (SSSR count). The Morgan fingerprint density at radius 3 is 2.48 bits per heavy atom. The molecule has 1 aromatic heterocycles. The van der Waals surface area contributed by atoms with Crippen molar-refractivity contribution < 1.29 is 26.7 Å². The normalized spacial score (nSPS) is 14.6. The van der Waals surface area contributed by atoms with Gasteiger partial charge in [-0.2, -0.15) is 22.0 Å². The fourth-order valence-corrected chi connectivity index (χ4v) is 1.83. The van der Waals surface area contributed by atoms with E-state index in [1.807, 2.05) is 0 Å². The zero-order chi connectivity index (χ0) is 15.7. The molecule has 0 radical (unpaired) electrons. The first-order valence-electron chi connectivity index (χ1n) is 6.17. The minimum absolute atomic E-state index is 0.0182. The summed E-state index contributed by atoms with van der Waals surface area (Å²) in [7, 11) is 0. The lowest BCUT2D eigenvalue weighted by Gasteiger charge is -2.26. The molecule has 0 saturated heterocycles. The van der Waals surface area contributed by atoms with Crippen LogP contribution in [0.15, 0.2) is 24.3 Å². The van der Waals surface area contributed by atoms with Crippen LogP contribution in [-0.2, 0) is 4.74 Å². The van der Waals surface area contributed by atoms with Crippen LogP contribution in [0, 0.1) is 0 Å². The van der Waals surface area contributed by atoms with Crippen LogP contribution in [0.2, 0.25) is 0 Å². The maximum absolute atomic E-state index is 13.4. The molecule has 21 heavy (non-hydrogen) atoms. The zero-order valence-corrected chi connectivity index (χ0v) is 10.9. The summed E-state index contributed by atoms with van der Waals surface area (Å²) in [5.74, 6) is 0. The van der Waals surface area contributed by atoms with Crippen LogP contribution in [0.4, 0.5) is 22.0 Å². The predicted octanol–water partition coefficient (Wildman–Crippen LogP) is 3.90. The number of hydrogen-bond donors (Lipinski definition) is 0. The van der Waals surface area contributed by atoms with Gasteiger partial charge in [-0.15, -0.1) is 5.10 Å². The highest BCUT2D eigenvalue weighted by Crippen LogP contribution is 2.38. The molecule has 0 bridgehead atoms. The lowest BCUT2D eigenvalue weighted by atomic mass is 10.3. The summed E-state index contributed by atoms with van der Waals surface area (Å²) in [5.41, 5.74) is 0.126. The third kappa shape index (κ3) is 3.46. The number of ether oxygens (including phenoxy) is 1. The van der Waals surface area contributed by atoms with E-state index in [0.717, 1.165) is 0 Å². The van der Waals surface area contributed by atoms with Crippen molar-refractivity contribution in [1.82, 2.24) is 15.0 Å². The van der Waals surface area contributed by atoms with Gasteiger partial charge >= 0.3 is 12.3 Å². The number of alkyl halides is 5. The minimum atomic E-state index is -5.05. The lowest BCUT2D eigenvalue weighted by molar-refractivity contribution is -0.351. The first kappa shape index (κ1) is 15.6. The Labute approximate surface area is 116 Å². The second kappa shape index (κ2) is 5.55. The molecule has 1 atom stereocenters. The van der Waals surface area contributed by atoms with Gasteiger partial charge in [0.05, 0.1) is 5.52 Å². The minimum Gasteiger partial charge on any atom is -0.285 e. The SMILES string of the molecule is CCCC(F)(F)OC(n1nnc2ccccc21)C(F)(F)F. The van der Waals surface area contributed by atoms with Gasteiger partial charge in [0, 0.05) is 6.42 Å². The Balaban J connectivity index is 2.42. The highest BCUT2D eigenvalue weighted by Gasteiger charge is 2.49. The molecular formula is C12H12F5N3O. The van der Waals surface area contributed by atoms with Crippen molar-refractivity contribution in [1.29, 1.82) is 0 Å². The van der Waals surface area contributed by atoms with E-state index in [2.05, 4.69) is 15.0 Å². The van der Waals surface area contributed by atoms with E-state index in [4.69, 9.17) is 0 Å². The molecule has 0 spiro atoms. The van der Waals surface area contributed by atoms with Gasteiger partial charge in [0.2, 0.25) is 0 Å². The Hall–Kier alpha value is -1.77. The van der Waals surface area contributed by atoms with Crippen LogP contribution in [0.5, 0.6) is 0 Å². The van der Waals surface area contributed by atoms with Gasteiger partial charge in [0.1, 0.15) is 5.52 Å². The second-order valence-electron chi connectivity index (χ2n) is 4.42. The Bertz CT molecular complexity index is 610. The molecule has 0 saturated carbocycles. The van der Waals surface area contributed by atoms with Crippen LogP contribution < -0.4 is 0 Å². The molecule has 1 unspecified atom stereocenters. The van der Waals surface area contributed by atoms with Gasteiger partial charge < -0.3 is 0 Å². The summed E-state index contributed by atoms with van der Waals surface area (Å²) in [5, 5.41) is 6.81. The number of fused-ring (bicyclic) bond motifs is 1. The fraction of sp³-hybridized carbons (Fsp3) is 0.500. The van der Waals surface area contributed by atoms with Gasteiger partial charge in [-0.25, -0.2) is 4.68 Å². The Kier molecular flexibility index (Phi) is 4.13. The van der Waals surface area contributed by atoms with Crippen molar-refractivity contribution >= 4 is 11.0 Å². The summed E-state index contributed by atoms with van der Waals surface area (Å²) >= 11 is 0. The number of rotatable bonds is 5. The van der Waals surface area contributed by atoms with Gasteiger partial charge in [0.25, 0.3) is 6.23 Å². The van der Waals surface area contributed by atoms with E-state index in [1.165, 1.54) is 25.1 Å². The molecule has 0 aliphatic heterocycles. The topological polar surface area (TPSA) is 39.9 Å². The van der Waals surface area contributed by atoms with Crippen molar-refractivity contribution in [2.24, 2.45) is 0 Å². The summed E-state index contributed by atoms with van der Waals surface area (Å²) < 4.78 is 70.2. The van der Waals surface area contributed by atoms with Gasteiger partial charge in [0.15, 0.2) is 0 Å². The van der Waals surface area contributed by atoms with Gasteiger partial charge in [-0.1, -0.05) is 24.3 Å². The van der Waals surface area contributed by atoms with E-state index in [-0.39, 0.29) is 17.5 Å². The van der Waals surface area contributed by atoms with Crippen molar-refractivity contribution in [3.63, 3.8) is 0 Å². The van der Waals surface area contributed by atoms with Gasteiger partial charge in [-0.05, 0) is 18.6 Å². The molecule has 0 N–H and O–H groups in total. The van der Waals surface area contributed by atoms with E-state index in [9.17, 15) is 22.0 Å². The second-order valence-corrected chi connectivity index (χ2v) is 4.42. The van der Waals surface area contributed by atoms with Crippen molar-refractivity contribution in [2.45, 2.75) is 38.3 Å². The molecule has 2 aromatic rings. The molecule has 4 nitrogen and oxygen atoms in total. The van der Waals surface area contributed by atoms with E-state index >= 15 is 0 Å². The number of benzene rings is 1. The summed E-state index contributed by atoms with van der Waals surface area (Å²) in [6, 6.07) is 5.74. The highest BCUT2D eigenvalue weighted by atomic mass is 19.4. The first-order valence-corrected chi connectivity index (χ1v) is 6.17. The van der Waals surface area contributed by atoms with Crippen molar-refractivity contribution in [3.05, 3.63) is 24.3 Å².